The maximum Gasteiger partial charge on any atom is 0.225 e. The van der Waals surface area contributed by atoms with Crippen LogP contribution in [-0.4, -0.2) is 59.0 Å². The molecule has 1 aromatic heterocycles. The number of nitrogens with zero attached hydrogens (tertiary/aromatic N) is 4. The summed E-state index contributed by atoms with van der Waals surface area (Å²) in [4.78, 5) is 21.7. The average molecular weight is 332 g/mol. The van der Waals surface area contributed by atoms with Crippen molar-refractivity contribution in [2.75, 3.05) is 33.7 Å². The van der Waals surface area contributed by atoms with Gasteiger partial charge in [-0.3, -0.25) is 4.79 Å². The molecule has 1 saturated carbocycles. The van der Waals surface area contributed by atoms with Gasteiger partial charge in [-0.25, -0.2) is 4.98 Å². The number of hydrogen-bond donors (Lipinski definition) is 0. The Balaban J connectivity index is 1.60. The van der Waals surface area contributed by atoms with Gasteiger partial charge in [0.05, 0.1) is 0 Å². The van der Waals surface area contributed by atoms with Gasteiger partial charge in [0.25, 0.3) is 0 Å². The fourth-order valence-electron chi connectivity index (χ4n) is 4.25. The molecule has 0 radical (unpaired) electrons. The van der Waals surface area contributed by atoms with Gasteiger partial charge in [0.15, 0.2) is 0 Å². The summed E-state index contributed by atoms with van der Waals surface area (Å²) in [7, 11) is 4.23. The van der Waals surface area contributed by atoms with Gasteiger partial charge in [0, 0.05) is 43.9 Å². The van der Waals surface area contributed by atoms with Crippen LogP contribution >= 0.6 is 0 Å². The zero-order chi connectivity index (χ0) is 16.9. The van der Waals surface area contributed by atoms with Crippen molar-refractivity contribution in [3.63, 3.8) is 0 Å². The van der Waals surface area contributed by atoms with Gasteiger partial charge in [-0.05, 0) is 52.7 Å². The number of amides is 1. The molecule has 0 unspecified atom stereocenters. The number of imidazole rings is 1. The largest absolute Gasteiger partial charge is 0.342 e. The molecule has 0 N–H and O–H groups in total. The molecule has 1 aromatic rings. The molecule has 5 nitrogen and oxygen atoms in total. The maximum absolute atomic E-state index is 12.7. The Morgan fingerprint density at radius 3 is 2.79 bits per heavy atom. The topological polar surface area (TPSA) is 41.4 Å². The van der Waals surface area contributed by atoms with Crippen LogP contribution in [0.2, 0.25) is 0 Å². The first-order valence-electron chi connectivity index (χ1n) is 9.59. The molecule has 134 valence electrons. The van der Waals surface area contributed by atoms with Crippen LogP contribution in [0.15, 0.2) is 12.4 Å². The van der Waals surface area contributed by atoms with Crippen LogP contribution < -0.4 is 0 Å². The average Bonchev–Trinajstić information content (AvgIpc) is 3.26. The predicted octanol–water partition coefficient (Wildman–Crippen LogP) is 2.73. The van der Waals surface area contributed by atoms with Crippen molar-refractivity contribution in [2.45, 2.75) is 57.4 Å². The van der Waals surface area contributed by atoms with Crippen LogP contribution in [0.1, 0.15) is 56.7 Å². The molecule has 0 spiro atoms. The van der Waals surface area contributed by atoms with Crippen molar-refractivity contribution in [2.24, 2.45) is 5.92 Å². The van der Waals surface area contributed by atoms with E-state index in [1.165, 1.54) is 18.7 Å². The minimum absolute atomic E-state index is 0.295. The number of hydrogen-bond acceptors (Lipinski definition) is 3. The highest BCUT2D eigenvalue weighted by atomic mass is 16.2. The summed E-state index contributed by atoms with van der Waals surface area (Å²) >= 11 is 0. The summed E-state index contributed by atoms with van der Waals surface area (Å²) in [6.07, 6.45) is 12.1. The molecule has 2 aliphatic rings. The lowest BCUT2D eigenvalue weighted by Crippen LogP contribution is -2.42. The van der Waals surface area contributed by atoms with Gasteiger partial charge < -0.3 is 14.4 Å². The van der Waals surface area contributed by atoms with E-state index >= 15 is 0 Å². The highest BCUT2D eigenvalue weighted by Gasteiger charge is 2.32. The molecule has 5 heteroatoms. The van der Waals surface area contributed by atoms with Crippen LogP contribution in [0.3, 0.4) is 0 Å². The summed E-state index contributed by atoms with van der Waals surface area (Å²) in [5.41, 5.74) is 0. The number of carbonyl (C=O) groups excluding carboxylic acids is 1. The Morgan fingerprint density at radius 1 is 1.25 bits per heavy atom. The first-order valence-corrected chi connectivity index (χ1v) is 9.59. The molecule has 1 saturated heterocycles. The SMILES string of the molecule is CN(C)CCCn1ccnc1[C@H]1CCCN(C(=O)C2CCCC2)C1. The van der Waals surface area contributed by atoms with Crippen molar-refractivity contribution in [1.82, 2.24) is 19.4 Å². The predicted molar refractivity (Wildman–Crippen MR) is 95.9 cm³/mol. The Bertz CT molecular complexity index is 533. The van der Waals surface area contributed by atoms with Gasteiger partial charge in [-0.15, -0.1) is 0 Å². The van der Waals surface area contributed by atoms with E-state index in [1.54, 1.807) is 0 Å². The minimum Gasteiger partial charge on any atom is -0.342 e. The first kappa shape index (κ1) is 17.5. The Hall–Kier alpha value is -1.36. The lowest BCUT2D eigenvalue weighted by molar-refractivity contribution is -0.136. The lowest BCUT2D eigenvalue weighted by atomic mass is 9.95. The summed E-state index contributed by atoms with van der Waals surface area (Å²) in [6.45, 7) is 3.91. The van der Waals surface area contributed by atoms with E-state index in [-0.39, 0.29) is 0 Å². The number of aromatic nitrogens is 2. The second kappa shape index (κ2) is 8.15. The Morgan fingerprint density at radius 2 is 2.04 bits per heavy atom. The molecular formula is C19H32N4O. The zero-order valence-electron chi connectivity index (χ0n) is 15.3. The third-order valence-corrected chi connectivity index (χ3v) is 5.55. The molecule has 2 fully saturated rings. The van der Waals surface area contributed by atoms with E-state index in [4.69, 9.17) is 0 Å². The molecule has 2 heterocycles. The maximum atomic E-state index is 12.7. The standard InChI is InChI=1S/C19H32N4O/c1-21(2)11-6-13-22-14-10-20-18(22)17-9-5-12-23(15-17)19(24)16-7-3-4-8-16/h10,14,16-17H,3-9,11-13,15H2,1-2H3/t17-/m0/s1. The van der Waals surface area contributed by atoms with Crippen LogP contribution in [0.4, 0.5) is 0 Å². The zero-order valence-corrected chi connectivity index (χ0v) is 15.3. The first-order chi connectivity index (χ1) is 11.6. The molecule has 3 rings (SSSR count). The fourth-order valence-corrected chi connectivity index (χ4v) is 4.25. The van der Waals surface area contributed by atoms with Crippen molar-refractivity contribution in [3.05, 3.63) is 18.2 Å². The summed E-state index contributed by atoms with van der Waals surface area (Å²) in [5.74, 6) is 2.28. The van der Waals surface area contributed by atoms with E-state index in [0.29, 0.717) is 17.7 Å². The van der Waals surface area contributed by atoms with Crippen molar-refractivity contribution < 1.29 is 4.79 Å². The second-order valence-electron chi connectivity index (χ2n) is 7.74. The number of carbonyl (C=O) groups is 1. The van der Waals surface area contributed by atoms with E-state index in [9.17, 15) is 4.79 Å². The van der Waals surface area contributed by atoms with Crippen molar-refractivity contribution >= 4 is 5.91 Å². The van der Waals surface area contributed by atoms with E-state index < -0.39 is 0 Å². The molecule has 1 amide bonds. The molecule has 1 atom stereocenters. The quantitative estimate of drug-likeness (QED) is 0.804. The number of likely N-dealkylation sites (tertiary alicyclic amines) is 1. The van der Waals surface area contributed by atoms with Crippen LogP contribution in [0.25, 0.3) is 0 Å². The van der Waals surface area contributed by atoms with Crippen molar-refractivity contribution in [3.8, 4) is 0 Å². The van der Waals surface area contributed by atoms with Crippen LogP contribution in [0, 0.1) is 5.92 Å². The summed E-state index contributed by atoms with van der Waals surface area (Å²) < 4.78 is 2.30. The third kappa shape index (κ3) is 4.18. The molecule has 24 heavy (non-hydrogen) atoms. The number of rotatable bonds is 6. The number of aryl methyl sites for hydroxylation is 1. The fraction of sp³-hybridized carbons (Fsp3) is 0.789. The van der Waals surface area contributed by atoms with Gasteiger partial charge in [0.2, 0.25) is 5.91 Å². The molecule has 1 aliphatic carbocycles. The highest BCUT2D eigenvalue weighted by molar-refractivity contribution is 5.79. The van der Waals surface area contributed by atoms with Gasteiger partial charge >= 0.3 is 0 Å². The summed E-state index contributed by atoms with van der Waals surface area (Å²) in [6, 6.07) is 0. The monoisotopic (exact) mass is 332 g/mol. The Labute approximate surface area is 146 Å². The Kier molecular flexibility index (Phi) is 5.93. The van der Waals surface area contributed by atoms with Gasteiger partial charge in [0.1, 0.15) is 5.82 Å². The summed E-state index contributed by atoms with van der Waals surface area (Å²) in [5, 5.41) is 0. The van der Waals surface area contributed by atoms with E-state index in [0.717, 1.165) is 58.3 Å². The lowest BCUT2D eigenvalue weighted by Gasteiger charge is -2.34. The van der Waals surface area contributed by atoms with Gasteiger partial charge in [-0.2, -0.15) is 0 Å². The minimum atomic E-state index is 0.295. The van der Waals surface area contributed by atoms with Gasteiger partial charge in [-0.1, -0.05) is 12.8 Å². The third-order valence-electron chi connectivity index (χ3n) is 5.55. The highest BCUT2D eigenvalue weighted by Crippen LogP contribution is 2.31. The van der Waals surface area contributed by atoms with Crippen LogP contribution in [-0.2, 0) is 11.3 Å². The van der Waals surface area contributed by atoms with Crippen LogP contribution in [0.5, 0.6) is 0 Å². The smallest absolute Gasteiger partial charge is 0.225 e. The second-order valence-corrected chi connectivity index (χ2v) is 7.74. The molecule has 1 aliphatic heterocycles. The molecule has 0 bridgehead atoms. The molecular weight excluding hydrogens is 300 g/mol. The molecule has 0 aromatic carbocycles. The van der Waals surface area contributed by atoms with Crippen molar-refractivity contribution in [1.29, 1.82) is 0 Å². The normalized spacial score (nSPS) is 22.5. The van der Waals surface area contributed by atoms with E-state index in [2.05, 4.69) is 39.6 Å². The van der Waals surface area contributed by atoms with E-state index in [1.807, 2.05) is 6.20 Å². The number of piperidine rings is 1.